The number of alkyl carbamates (subject to hydrolysis) is 1. The van der Waals surface area contributed by atoms with Crippen LogP contribution in [0.25, 0.3) is 0 Å². The summed E-state index contributed by atoms with van der Waals surface area (Å²) in [7, 11) is 0. The minimum Gasteiger partial charge on any atom is -0.445 e. The predicted octanol–water partition coefficient (Wildman–Crippen LogP) is 2.89. The first-order valence-electron chi connectivity index (χ1n) is 13.8. The zero-order valence-electron chi connectivity index (χ0n) is 23.1. The lowest BCUT2D eigenvalue weighted by Crippen LogP contribution is -2.55. The van der Waals surface area contributed by atoms with Crippen molar-refractivity contribution in [3.63, 3.8) is 0 Å². The molecule has 39 heavy (non-hydrogen) atoms. The summed E-state index contributed by atoms with van der Waals surface area (Å²) in [6.45, 7) is 8.72. The molecule has 9 heteroatoms. The van der Waals surface area contributed by atoms with Gasteiger partial charge >= 0.3 is 6.09 Å². The van der Waals surface area contributed by atoms with Crippen molar-refractivity contribution >= 4 is 17.9 Å². The number of benzene rings is 2. The van der Waals surface area contributed by atoms with E-state index in [4.69, 9.17) is 9.47 Å². The van der Waals surface area contributed by atoms with Gasteiger partial charge in [-0.25, -0.2) is 4.79 Å². The SMILES string of the molecule is CC(C)C[C@H](NC(=O)OCc1ccccc1)C(=O)N[C@@H](Cc1ccccc1)C(=O)NCCCN1CCOCC1. The van der Waals surface area contributed by atoms with E-state index in [0.717, 1.165) is 50.4 Å². The van der Waals surface area contributed by atoms with E-state index in [0.29, 0.717) is 19.4 Å². The third kappa shape index (κ3) is 11.5. The molecule has 0 aliphatic carbocycles. The molecule has 0 aromatic heterocycles. The molecule has 1 saturated heterocycles. The first-order chi connectivity index (χ1) is 18.9. The minimum absolute atomic E-state index is 0.103. The topological polar surface area (TPSA) is 109 Å². The van der Waals surface area contributed by atoms with Crippen LogP contribution >= 0.6 is 0 Å². The number of carbonyl (C=O) groups is 3. The van der Waals surface area contributed by atoms with Crippen LogP contribution in [-0.2, 0) is 32.1 Å². The lowest BCUT2D eigenvalue weighted by Gasteiger charge is -2.27. The first kappa shape index (κ1) is 30.1. The van der Waals surface area contributed by atoms with Crippen LogP contribution in [0.15, 0.2) is 60.7 Å². The number of nitrogens with one attached hydrogen (secondary N) is 3. The minimum atomic E-state index is -0.833. The highest BCUT2D eigenvalue weighted by Gasteiger charge is 2.28. The molecule has 0 bridgehead atoms. The van der Waals surface area contributed by atoms with Crippen molar-refractivity contribution in [3.8, 4) is 0 Å². The summed E-state index contributed by atoms with van der Waals surface area (Å²) in [6.07, 6.45) is 0.884. The third-order valence-corrected chi connectivity index (χ3v) is 6.50. The predicted molar refractivity (Wildman–Crippen MR) is 150 cm³/mol. The van der Waals surface area contributed by atoms with Crippen molar-refractivity contribution in [1.29, 1.82) is 0 Å². The van der Waals surface area contributed by atoms with Crippen LogP contribution in [-0.4, -0.2) is 74.3 Å². The maximum Gasteiger partial charge on any atom is 0.408 e. The van der Waals surface area contributed by atoms with Crippen LogP contribution in [0, 0.1) is 5.92 Å². The normalized spacial score (nSPS) is 15.3. The highest BCUT2D eigenvalue weighted by molar-refractivity contribution is 5.91. The number of nitrogens with zero attached hydrogens (tertiary/aromatic N) is 1. The van der Waals surface area contributed by atoms with Crippen LogP contribution < -0.4 is 16.0 Å². The molecule has 1 fully saturated rings. The number of hydrogen-bond acceptors (Lipinski definition) is 6. The van der Waals surface area contributed by atoms with E-state index in [1.807, 2.05) is 74.5 Å². The number of carbonyl (C=O) groups excluding carboxylic acids is 3. The van der Waals surface area contributed by atoms with Crippen LogP contribution in [0.5, 0.6) is 0 Å². The Morgan fingerprint density at radius 3 is 2.15 bits per heavy atom. The fourth-order valence-electron chi connectivity index (χ4n) is 4.40. The molecule has 9 nitrogen and oxygen atoms in total. The average Bonchev–Trinajstić information content (AvgIpc) is 2.95. The summed E-state index contributed by atoms with van der Waals surface area (Å²) in [5.74, 6) is -0.523. The quantitative estimate of drug-likeness (QED) is 0.319. The number of rotatable bonds is 14. The van der Waals surface area contributed by atoms with Crippen LogP contribution in [0.2, 0.25) is 0 Å². The molecule has 0 unspecified atom stereocenters. The number of ether oxygens (including phenoxy) is 2. The maximum absolute atomic E-state index is 13.4. The van der Waals surface area contributed by atoms with Gasteiger partial charge in [-0.2, -0.15) is 0 Å². The molecule has 0 spiro atoms. The van der Waals surface area contributed by atoms with Gasteiger partial charge in [-0.1, -0.05) is 74.5 Å². The monoisotopic (exact) mass is 538 g/mol. The standard InChI is InChI=1S/C30H42N4O5/c1-23(2)20-26(33-30(37)39-22-25-12-7-4-8-13-25)29(36)32-27(21-24-10-5-3-6-11-24)28(35)31-14-9-15-34-16-18-38-19-17-34/h3-8,10-13,23,26-27H,9,14-22H2,1-2H3,(H,31,35)(H,32,36)(H,33,37)/t26-,27-/m0/s1. The Balaban J connectivity index is 1.58. The molecule has 0 radical (unpaired) electrons. The molecule has 3 N–H and O–H groups in total. The summed E-state index contributed by atoms with van der Waals surface area (Å²) in [5, 5.41) is 8.57. The zero-order chi connectivity index (χ0) is 27.9. The molecule has 212 valence electrons. The van der Waals surface area contributed by atoms with E-state index in [2.05, 4.69) is 20.9 Å². The first-order valence-corrected chi connectivity index (χ1v) is 13.8. The van der Waals surface area contributed by atoms with Gasteiger partial charge in [0, 0.05) is 26.1 Å². The van der Waals surface area contributed by atoms with Gasteiger partial charge in [0.2, 0.25) is 11.8 Å². The molecule has 2 aromatic rings. The molecule has 3 amide bonds. The maximum atomic E-state index is 13.4. The van der Waals surface area contributed by atoms with Crippen molar-refractivity contribution in [3.05, 3.63) is 71.8 Å². The molecule has 1 heterocycles. The lowest BCUT2D eigenvalue weighted by atomic mass is 10.0. The van der Waals surface area contributed by atoms with Gasteiger partial charge < -0.3 is 25.4 Å². The molecule has 1 aliphatic rings. The Bertz CT molecular complexity index is 1010. The second kappa shape index (κ2) is 16.5. The van der Waals surface area contributed by atoms with E-state index in [9.17, 15) is 14.4 Å². The molecular weight excluding hydrogens is 496 g/mol. The molecule has 2 atom stereocenters. The number of amides is 3. The third-order valence-electron chi connectivity index (χ3n) is 6.50. The van der Waals surface area contributed by atoms with Crippen LogP contribution in [0.4, 0.5) is 4.79 Å². The molecule has 1 aliphatic heterocycles. The van der Waals surface area contributed by atoms with Gasteiger partial charge in [-0.15, -0.1) is 0 Å². The van der Waals surface area contributed by atoms with Crippen LogP contribution in [0.3, 0.4) is 0 Å². The van der Waals surface area contributed by atoms with Gasteiger partial charge in [0.15, 0.2) is 0 Å². The molecular formula is C30H42N4O5. The van der Waals surface area contributed by atoms with Gasteiger partial charge in [0.1, 0.15) is 18.7 Å². The lowest BCUT2D eigenvalue weighted by molar-refractivity contribution is -0.130. The van der Waals surface area contributed by atoms with Gasteiger partial charge in [0.25, 0.3) is 0 Å². The number of hydrogen-bond donors (Lipinski definition) is 3. The summed E-state index contributed by atoms with van der Waals surface area (Å²) in [4.78, 5) is 41.4. The highest BCUT2D eigenvalue weighted by atomic mass is 16.5. The van der Waals surface area contributed by atoms with Crippen molar-refractivity contribution in [2.45, 2.75) is 51.8 Å². The smallest absolute Gasteiger partial charge is 0.408 e. The zero-order valence-corrected chi connectivity index (χ0v) is 23.1. The van der Waals surface area contributed by atoms with E-state index in [-0.39, 0.29) is 18.4 Å². The highest BCUT2D eigenvalue weighted by Crippen LogP contribution is 2.09. The Labute approximate surface area is 231 Å². The van der Waals surface area contributed by atoms with Crippen molar-refractivity contribution in [2.75, 3.05) is 39.4 Å². The number of morpholine rings is 1. The average molecular weight is 539 g/mol. The van der Waals surface area contributed by atoms with Crippen LogP contribution in [0.1, 0.15) is 37.8 Å². The summed E-state index contributed by atoms with van der Waals surface area (Å²) in [5.41, 5.74) is 1.78. The van der Waals surface area contributed by atoms with Gasteiger partial charge in [-0.3, -0.25) is 14.5 Å². The molecule has 3 rings (SSSR count). The molecule has 0 saturated carbocycles. The second-order valence-corrected chi connectivity index (χ2v) is 10.2. The van der Waals surface area contributed by atoms with E-state index < -0.39 is 24.1 Å². The van der Waals surface area contributed by atoms with E-state index in [1.54, 1.807) is 0 Å². The van der Waals surface area contributed by atoms with E-state index >= 15 is 0 Å². The Hall–Kier alpha value is -3.43. The second-order valence-electron chi connectivity index (χ2n) is 10.2. The van der Waals surface area contributed by atoms with Crippen molar-refractivity contribution in [1.82, 2.24) is 20.9 Å². The van der Waals surface area contributed by atoms with Crippen molar-refractivity contribution < 1.29 is 23.9 Å². The Kier molecular flexibility index (Phi) is 12.8. The summed E-state index contributed by atoms with van der Waals surface area (Å²) < 4.78 is 10.7. The van der Waals surface area contributed by atoms with E-state index in [1.165, 1.54) is 0 Å². The molecule has 2 aromatic carbocycles. The van der Waals surface area contributed by atoms with Crippen molar-refractivity contribution in [2.24, 2.45) is 5.92 Å². The Morgan fingerprint density at radius 2 is 1.51 bits per heavy atom. The largest absolute Gasteiger partial charge is 0.445 e. The fraction of sp³-hybridized carbons (Fsp3) is 0.500. The van der Waals surface area contributed by atoms with Gasteiger partial charge in [0.05, 0.1) is 13.2 Å². The Morgan fingerprint density at radius 1 is 0.872 bits per heavy atom. The summed E-state index contributed by atoms with van der Waals surface area (Å²) >= 11 is 0. The van der Waals surface area contributed by atoms with Gasteiger partial charge in [-0.05, 0) is 36.4 Å². The fourth-order valence-corrected chi connectivity index (χ4v) is 4.40. The summed E-state index contributed by atoms with van der Waals surface area (Å²) in [6, 6.07) is 17.3.